The van der Waals surface area contributed by atoms with Crippen molar-refractivity contribution in [1.82, 2.24) is 5.32 Å². The molecule has 0 aliphatic heterocycles. The van der Waals surface area contributed by atoms with Gasteiger partial charge in [0.15, 0.2) is 17.5 Å². The molecule has 0 saturated heterocycles. The van der Waals surface area contributed by atoms with Crippen molar-refractivity contribution in [3.8, 4) is 0 Å². The first kappa shape index (κ1) is 17.6. The van der Waals surface area contributed by atoms with Gasteiger partial charge in [0.1, 0.15) is 11.2 Å². The molecule has 0 bridgehead atoms. The summed E-state index contributed by atoms with van der Waals surface area (Å²) in [6.45, 7) is 2.71. The number of anilines is 1. The number of halogens is 3. The zero-order valence-corrected chi connectivity index (χ0v) is 13.0. The highest BCUT2D eigenvalue weighted by Crippen LogP contribution is 2.23. The van der Waals surface area contributed by atoms with Crippen LogP contribution in [0.3, 0.4) is 0 Å². The molecular formula is C16H15F3N2O3. The number of nitrogens with one attached hydrogen (secondary N) is 2. The van der Waals surface area contributed by atoms with E-state index in [-0.39, 0.29) is 6.54 Å². The van der Waals surface area contributed by atoms with Gasteiger partial charge in [0.25, 0.3) is 0 Å². The van der Waals surface area contributed by atoms with Crippen LogP contribution in [0.25, 0.3) is 0 Å². The molecule has 8 heteroatoms. The Kier molecular flexibility index (Phi) is 4.96. The van der Waals surface area contributed by atoms with Crippen LogP contribution in [0.5, 0.6) is 0 Å². The lowest BCUT2D eigenvalue weighted by Crippen LogP contribution is -2.45. The first-order valence-electron chi connectivity index (χ1n) is 6.99. The largest absolute Gasteiger partial charge is 0.467 e. The number of hydrogen-bond donors (Lipinski definition) is 2. The molecule has 0 aliphatic rings. The Morgan fingerprint density at radius 2 is 1.79 bits per heavy atom. The van der Waals surface area contributed by atoms with Crippen LogP contribution in [-0.4, -0.2) is 11.8 Å². The van der Waals surface area contributed by atoms with Gasteiger partial charge in [0.05, 0.1) is 18.5 Å². The molecule has 0 fully saturated rings. The minimum Gasteiger partial charge on any atom is -0.467 e. The van der Waals surface area contributed by atoms with E-state index < -0.39 is 40.4 Å². The Morgan fingerprint density at radius 3 is 2.42 bits per heavy atom. The van der Waals surface area contributed by atoms with E-state index in [1.807, 2.05) is 0 Å². The first-order valence-corrected chi connectivity index (χ1v) is 6.99. The van der Waals surface area contributed by atoms with Gasteiger partial charge in [-0.1, -0.05) is 0 Å². The average molecular weight is 340 g/mol. The topological polar surface area (TPSA) is 71.3 Å². The number of amides is 2. The zero-order valence-electron chi connectivity index (χ0n) is 13.0. The second-order valence-corrected chi connectivity index (χ2v) is 5.56. The molecule has 0 aliphatic carbocycles. The smallest absolute Gasteiger partial charge is 0.239 e. The van der Waals surface area contributed by atoms with Crippen LogP contribution in [0.2, 0.25) is 0 Å². The predicted molar refractivity (Wildman–Crippen MR) is 79.3 cm³/mol. The third-order valence-corrected chi connectivity index (χ3v) is 3.42. The van der Waals surface area contributed by atoms with E-state index in [1.54, 1.807) is 12.1 Å². The van der Waals surface area contributed by atoms with Gasteiger partial charge in [-0.25, -0.2) is 13.2 Å². The summed E-state index contributed by atoms with van der Waals surface area (Å²) < 4.78 is 44.7. The lowest BCUT2D eigenvalue weighted by Gasteiger charge is -2.22. The minimum absolute atomic E-state index is 0.0715. The number of carbonyl (C=O) groups is 2. The third kappa shape index (κ3) is 3.58. The lowest BCUT2D eigenvalue weighted by molar-refractivity contribution is -0.138. The van der Waals surface area contributed by atoms with Crippen LogP contribution in [0.1, 0.15) is 19.6 Å². The highest BCUT2D eigenvalue weighted by Gasteiger charge is 2.36. The summed E-state index contributed by atoms with van der Waals surface area (Å²) in [5.41, 5.74) is -2.13. The van der Waals surface area contributed by atoms with Crippen LogP contribution in [0, 0.1) is 22.9 Å². The van der Waals surface area contributed by atoms with Crippen molar-refractivity contribution in [2.45, 2.75) is 20.4 Å². The molecule has 0 atom stereocenters. The predicted octanol–water partition coefficient (Wildman–Crippen LogP) is 2.98. The van der Waals surface area contributed by atoms with E-state index in [4.69, 9.17) is 4.42 Å². The monoisotopic (exact) mass is 340 g/mol. The number of hydrogen-bond acceptors (Lipinski definition) is 3. The van der Waals surface area contributed by atoms with Gasteiger partial charge < -0.3 is 15.1 Å². The molecule has 24 heavy (non-hydrogen) atoms. The molecule has 1 aromatic carbocycles. The van der Waals surface area contributed by atoms with Crippen molar-refractivity contribution in [3.05, 3.63) is 53.7 Å². The zero-order chi connectivity index (χ0) is 17.9. The van der Waals surface area contributed by atoms with Gasteiger partial charge in [-0.3, -0.25) is 9.59 Å². The normalized spacial score (nSPS) is 11.2. The molecule has 0 unspecified atom stereocenters. The Labute approximate surface area is 135 Å². The summed E-state index contributed by atoms with van der Waals surface area (Å²) in [4.78, 5) is 24.4. The fourth-order valence-electron chi connectivity index (χ4n) is 1.81. The summed E-state index contributed by atoms with van der Waals surface area (Å²) in [5.74, 6) is -5.63. The van der Waals surface area contributed by atoms with E-state index in [2.05, 4.69) is 10.6 Å². The maximum Gasteiger partial charge on any atom is 0.239 e. The van der Waals surface area contributed by atoms with Gasteiger partial charge in [-0.15, -0.1) is 0 Å². The highest BCUT2D eigenvalue weighted by atomic mass is 19.2. The number of carbonyl (C=O) groups excluding carboxylic acids is 2. The van der Waals surface area contributed by atoms with Gasteiger partial charge in [0, 0.05) is 0 Å². The van der Waals surface area contributed by atoms with E-state index >= 15 is 0 Å². The van der Waals surface area contributed by atoms with Crippen LogP contribution < -0.4 is 10.6 Å². The van der Waals surface area contributed by atoms with Crippen LogP contribution in [0.15, 0.2) is 34.9 Å². The van der Waals surface area contributed by atoms with Gasteiger partial charge in [-0.05, 0) is 38.1 Å². The SMILES string of the molecule is CC(C)(C(=O)NCc1ccco1)C(=O)Nc1ccc(F)c(F)c1F. The summed E-state index contributed by atoms with van der Waals surface area (Å²) in [5, 5.41) is 4.59. The van der Waals surface area contributed by atoms with Gasteiger partial charge in [0.2, 0.25) is 11.8 Å². The van der Waals surface area contributed by atoms with Crippen LogP contribution >= 0.6 is 0 Å². The lowest BCUT2D eigenvalue weighted by atomic mass is 9.91. The van der Waals surface area contributed by atoms with E-state index in [0.29, 0.717) is 11.8 Å². The Bertz CT molecular complexity index is 758. The molecule has 5 nitrogen and oxygen atoms in total. The van der Waals surface area contributed by atoms with Crippen molar-refractivity contribution >= 4 is 17.5 Å². The third-order valence-electron chi connectivity index (χ3n) is 3.42. The fraction of sp³-hybridized carbons (Fsp3) is 0.250. The molecule has 0 radical (unpaired) electrons. The molecule has 1 aromatic heterocycles. The molecular weight excluding hydrogens is 325 g/mol. The Morgan fingerprint density at radius 1 is 1.08 bits per heavy atom. The fourth-order valence-corrected chi connectivity index (χ4v) is 1.81. The Balaban J connectivity index is 2.06. The molecule has 1 heterocycles. The molecule has 2 rings (SSSR count). The van der Waals surface area contributed by atoms with Crippen molar-refractivity contribution < 1.29 is 27.2 Å². The molecule has 0 spiro atoms. The van der Waals surface area contributed by atoms with E-state index in [9.17, 15) is 22.8 Å². The van der Waals surface area contributed by atoms with Crippen molar-refractivity contribution in [2.24, 2.45) is 5.41 Å². The van der Waals surface area contributed by atoms with Crippen LogP contribution in [-0.2, 0) is 16.1 Å². The summed E-state index contributed by atoms with van der Waals surface area (Å²) >= 11 is 0. The summed E-state index contributed by atoms with van der Waals surface area (Å²) in [7, 11) is 0. The minimum atomic E-state index is -1.70. The number of rotatable bonds is 5. The van der Waals surface area contributed by atoms with Crippen molar-refractivity contribution in [3.63, 3.8) is 0 Å². The number of furan rings is 1. The van der Waals surface area contributed by atoms with E-state index in [1.165, 1.54) is 20.1 Å². The molecule has 2 N–H and O–H groups in total. The molecule has 128 valence electrons. The molecule has 2 amide bonds. The highest BCUT2D eigenvalue weighted by molar-refractivity contribution is 6.09. The maximum absolute atomic E-state index is 13.6. The molecule has 2 aromatic rings. The maximum atomic E-state index is 13.6. The second-order valence-electron chi connectivity index (χ2n) is 5.56. The van der Waals surface area contributed by atoms with Crippen molar-refractivity contribution in [2.75, 3.05) is 5.32 Å². The summed E-state index contributed by atoms with van der Waals surface area (Å²) in [6.07, 6.45) is 1.44. The first-order chi connectivity index (χ1) is 11.2. The van der Waals surface area contributed by atoms with Gasteiger partial charge in [-0.2, -0.15) is 0 Å². The van der Waals surface area contributed by atoms with E-state index in [0.717, 1.165) is 6.07 Å². The standard InChI is InChI=1S/C16H15F3N2O3/c1-16(2,14(22)20-8-9-4-3-7-24-9)15(23)21-11-6-5-10(17)12(18)13(11)19/h3-7H,8H2,1-2H3,(H,20,22)(H,21,23). The van der Waals surface area contributed by atoms with Gasteiger partial charge >= 0.3 is 0 Å². The molecule has 0 saturated carbocycles. The Hall–Kier alpha value is -2.77. The number of benzene rings is 1. The second kappa shape index (κ2) is 6.77. The summed E-state index contributed by atoms with van der Waals surface area (Å²) in [6, 6.07) is 4.84. The van der Waals surface area contributed by atoms with Crippen LogP contribution in [0.4, 0.5) is 18.9 Å². The quantitative estimate of drug-likeness (QED) is 0.649. The average Bonchev–Trinajstić information content (AvgIpc) is 3.06. The van der Waals surface area contributed by atoms with Crippen molar-refractivity contribution in [1.29, 1.82) is 0 Å².